The second kappa shape index (κ2) is 8.89. The summed E-state index contributed by atoms with van der Waals surface area (Å²) in [6.07, 6.45) is 1.20. The molecule has 3 nitrogen and oxygen atoms in total. The van der Waals surface area contributed by atoms with Crippen molar-refractivity contribution in [3.63, 3.8) is 0 Å². The molecule has 0 aliphatic carbocycles. The predicted molar refractivity (Wildman–Crippen MR) is 80.1 cm³/mol. The Kier molecular flexibility index (Phi) is 8.83. The van der Waals surface area contributed by atoms with Crippen LogP contribution in [0.3, 0.4) is 0 Å². The molecule has 0 saturated heterocycles. The fourth-order valence-electron chi connectivity index (χ4n) is 1.96. The van der Waals surface area contributed by atoms with Crippen molar-refractivity contribution in [1.29, 1.82) is 0 Å². The van der Waals surface area contributed by atoms with Crippen LogP contribution in [0.5, 0.6) is 0 Å². The molecule has 1 N–H and O–H groups in total. The van der Waals surface area contributed by atoms with Crippen LogP contribution in [-0.2, 0) is 4.74 Å². The molecule has 0 bridgehead atoms. The monoisotopic (exact) mass is 258 g/mol. The Morgan fingerprint density at radius 2 is 1.83 bits per heavy atom. The maximum atomic E-state index is 5.21. The second-order valence-corrected chi connectivity index (χ2v) is 6.26. The first-order valence-corrected chi connectivity index (χ1v) is 7.31. The van der Waals surface area contributed by atoms with Gasteiger partial charge >= 0.3 is 0 Å². The Hall–Kier alpha value is -0.120. The van der Waals surface area contributed by atoms with Gasteiger partial charge in [0.25, 0.3) is 0 Å². The molecule has 1 unspecified atom stereocenters. The summed E-state index contributed by atoms with van der Waals surface area (Å²) in [6, 6.07) is 1.13. The quantitative estimate of drug-likeness (QED) is 0.652. The molecule has 0 aromatic rings. The molecule has 3 heteroatoms. The number of hydrogen-bond acceptors (Lipinski definition) is 3. The van der Waals surface area contributed by atoms with Gasteiger partial charge in [0, 0.05) is 38.8 Å². The van der Waals surface area contributed by atoms with Gasteiger partial charge in [-0.1, -0.05) is 27.7 Å². The Balaban J connectivity index is 4.42. The van der Waals surface area contributed by atoms with E-state index in [1.54, 1.807) is 7.11 Å². The van der Waals surface area contributed by atoms with Crippen LogP contribution in [0.1, 0.15) is 48.0 Å². The predicted octanol–water partition coefficient (Wildman–Crippen LogP) is 2.76. The average Bonchev–Trinajstić information content (AvgIpc) is 2.31. The third-order valence-corrected chi connectivity index (χ3v) is 3.69. The third-order valence-electron chi connectivity index (χ3n) is 3.69. The lowest BCUT2D eigenvalue weighted by Crippen LogP contribution is -2.46. The summed E-state index contributed by atoms with van der Waals surface area (Å²) in [5, 5.41) is 3.58. The molecule has 0 saturated carbocycles. The van der Waals surface area contributed by atoms with E-state index in [9.17, 15) is 0 Å². The van der Waals surface area contributed by atoms with Crippen LogP contribution in [0, 0.1) is 5.41 Å². The maximum absolute atomic E-state index is 5.21. The first-order valence-electron chi connectivity index (χ1n) is 7.31. The molecule has 18 heavy (non-hydrogen) atoms. The summed E-state index contributed by atoms with van der Waals surface area (Å²) in [5.74, 6) is 0. The van der Waals surface area contributed by atoms with Crippen LogP contribution < -0.4 is 5.32 Å². The molecule has 0 rings (SSSR count). The highest BCUT2D eigenvalue weighted by atomic mass is 16.5. The molecule has 0 radical (unpaired) electrons. The molecule has 0 aliphatic heterocycles. The van der Waals surface area contributed by atoms with Gasteiger partial charge in [0.05, 0.1) is 6.61 Å². The summed E-state index contributed by atoms with van der Waals surface area (Å²) in [6.45, 7) is 17.7. The molecule has 1 atom stereocenters. The van der Waals surface area contributed by atoms with Crippen molar-refractivity contribution in [3.05, 3.63) is 0 Å². The number of ether oxygens (including phenoxy) is 1. The van der Waals surface area contributed by atoms with Gasteiger partial charge in [-0.15, -0.1) is 0 Å². The SMILES string of the molecule is CCC(C)(CNC(C)C)CN(CCOC)C(C)C. The minimum atomic E-state index is 0.336. The summed E-state index contributed by atoms with van der Waals surface area (Å²) in [4.78, 5) is 2.52. The lowest BCUT2D eigenvalue weighted by molar-refractivity contribution is 0.0869. The van der Waals surface area contributed by atoms with Crippen LogP contribution >= 0.6 is 0 Å². The zero-order chi connectivity index (χ0) is 14.2. The van der Waals surface area contributed by atoms with Crippen molar-refractivity contribution < 1.29 is 4.74 Å². The number of hydrogen-bond donors (Lipinski definition) is 1. The van der Waals surface area contributed by atoms with Crippen molar-refractivity contribution in [1.82, 2.24) is 10.2 Å². The molecule has 0 aromatic carbocycles. The van der Waals surface area contributed by atoms with Gasteiger partial charge in [-0.3, -0.25) is 4.90 Å². The highest BCUT2D eigenvalue weighted by Crippen LogP contribution is 2.23. The zero-order valence-corrected chi connectivity index (χ0v) is 13.5. The number of nitrogens with zero attached hydrogens (tertiary/aromatic N) is 1. The topological polar surface area (TPSA) is 24.5 Å². The Morgan fingerprint density at radius 1 is 1.22 bits per heavy atom. The molecule has 0 fully saturated rings. The van der Waals surface area contributed by atoms with E-state index >= 15 is 0 Å². The molecule has 0 aromatic heterocycles. The van der Waals surface area contributed by atoms with Crippen LogP contribution in [-0.4, -0.2) is 50.3 Å². The zero-order valence-electron chi connectivity index (χ0n) is 13.5. The highest BCUT2D eigenvalue weighted by Gasteiger charge is 2.26. The van der Waals surface area contributed by atoms with E-state index in [2.05, 4.69) is 51.8 Å². The van der Waals surface area contributed by atoms with E-state index in [1.165, 1.54) is 6.42 Å². The minimum Gasteiger partial charge on any atom is -0.383 e. The number of nitrogens with one attached hydrogen (secondary N) is 1. The number of methoxy groups -OCH3 is 1. The third kappa shape index (κ3) is 7.34. The Labute approximate surface area is 114 Å². The summed E-state index contributed by atoms with van der Waals surface area (Å²) in [7, 11) is 1.78. The fraction of sp³-hybridized carbons (Fsp3) is 1.00. The van der Waals surface area contributed by atoms with Gasteiger partial charge in [-0.25, -0.2) is 0 Å². The molecule has 0 heterocycles. The largest absolute Gasteiger partial charge is 0.383 e. The second-order valence-electron chi connectivity index (χ2n) is 6.26. The van der Waals surface area contributed by atoms with Crippen LogP contribution in [0.4, 0.5) is 0 Å². The van der Waals surface area contributed by atoms with Gasteiger partial charge in [-0.05, 0) is 25.7 Å². The lowest BCUT2D eigenvalue weighted by Gasteiger charge is -2.37. The molecule has 0 spiro atoms. The molecule has 110 valence electrons. The van der Waals surface area contributed by atoms with E-state index in [0.29, 0.717) is 17.5 Å². The van der Waals surface area contributed by atoms with Gasteiger partial charge in [-0.2, -0.15) is 0 Å². The van der Waals surface area contributed by atoms with Crippen molar-refractivity contribution in [2.24, 2.45) is 5.41 Å². The highest BCUT2D eigenvalue weighted by molar-refractivity contribution is 4.81. The van der Waals surface area contributed by atoms with Gasteiger partial charge < -0.3 is 10.1 Å². The maximum Gasteiger partial charge on any atom is 0.0589 e. The number of rotatable bonds is 10. The lowest BCUT2D eigenvalue weighted by atomic mass is 9.86. The smallest absolute Gasteiger partial charge is 0.0589 e. The molecule has 0 amide bonds. The van der Waals surface area contributed by atoms with Gasteiger partial charge in [0.1, 0.15) is 0 Å². The van der Waals surface area contributed by atoms with Crippen LogP contribution in [0.25, 0.3) is 0 Å². The normalized spacial score (nSPS) is 15.7. The van der Waals surface area contributed by atoms with Crippen LogP contribution in [0.15, 0.2) is 0 Å². The first-order chi connectivity index (χ1) is 8.34. The van der Waals surface area contributed by atoms with Crippen molar-refractivity contribution in [2.45, 2.75) is 60.0 Å². The Bertz CT molecular complexity index is 207. The van der Waals surface area contributed by atoms with E-state index < -0.39 is 0 Å². The summed E-state index contributed by atoms with van der Waals surface area (Å²) >= 11 is 0. The standard InChI is InChI=1S/C15H34N2O/c1-8-15(6,11-16-13(2)3)12-17(14(4)5)9-10-18-7/h13-14,16H,8-12H2,1-7H3. The summed E-state index contributed by atoms with van der Waals surface area (Å²) < 4.78 is 5.21. The fourth-order valence-corrected chi connectivity index (χ4v) is 1.96. The Morgan fingerprint density at radius 3 is 2.22 bits per heavy atom. The van der Waals surface area contributed by atoms with Gasteiger partial charge in [0.15, 0.2) is 0 Å². The van der Waals surface area contributed by atoms with Crippen LogP contribution in [0.2, 0.25) is 0 Å². The summed E-state index contributed by atoms with van der Waals surface area (Å²) in [5.41, 5.74) is 0.336. The van der Waals surface area contributed by atoms with E-state index in [4.69, 9.17) is 4.74 Å². The average molecular weight is 258 g/mol. The van der Waals surface area contributed by atoms with Gasteiger partial charge in [0.2, 0.25) is 0 Å². The van der Waals surface area contributed by atoms with E-state index in [0.717, 1.165) is 26.2 Å². The van der Waals surface area contributed by atoms with Crippen molar-refractivity contribution >= 4 is 0 Å². The molecular formula is C15H34N2O. The van der Waals surface area contributed by atoms with E-state index in [-0.39, 0.29) is 0 Å². The molecular weight excluding hydrogens is 224 g/mol. The van der Waals surface area contributed by atoms with Crippen molar-refractivity contribution in [3.8, 4) is 0 Å². The van der Waals surface area contributed by atoms with E-state index in [1.807, 2.05) is 0 Å². The first kappa shape index (κ1) is 17.9. The minimum absolute atomic E-state index is 0.336. The van der Waals surface area contributed by atoms with Crippen molar-refractivity contribution in [2.75, 3.05) is 33.4 Å². The molecule has 0 aliphatic rings.